The van der Waals surface area contributed by atoms with E-state index in [1.54, 1.807) is 0 Å². The Hall–Kier alpha value is -1.74. The molecule has 0 saturated carbocycles. The van der Waals surface area contributed by atoms with Crippen LogP contribution in [0.2, 0.25) is 0 Å². The van der Waals surface area contributed by atoms with E-state index in [1.807, 2.05) is 20.0 Å². The minimum Gasteiger partial charge on any atom is -0.489 e. The van der Waals surface area contributed by atoms with Crippen LogP contribution in [0.4, 0.5) is 0 Å². The van der Waals surface area contributed by atoms with Gasteiger partial charge in [-0.3, -0.25) is 0 Å². The summed E-state index contributed by atoms with van der Waals surface area (Å²) in [4.78, 5) is 0. The minimum absolute atomic E-state index is 0.541. The molecule has 0 amide bonds. The Labute approximate surface area is 127 Å². The number of aryl methyl sites for hydroxylation is 2. The van der Waals surface area contributed by atoms with Crippen LogP contribution >= 0.6 is 0 Å². The van der Waals surface area contributed by atoms with Gasteiger partial charge in [-0.2, -0.15) is 0 Å². The van der Waals surface area contributed by atoms with E-state index in [2.05, 4.69) is 44.3 Å². The number of rotatable bonds is 6. The highest BCUT2D eigenvalue weighted by atomic mass is 16.5. The molecule has 2 rings (SSSR count). The van der Waals surface area contributed by atoms with Gasteiger partial charge < -0.3 is 14.5 Å². The Morgan fingerprint density at radius 2 is 1.95 bits per heavy atom. The third kappa shape index (κ3) is 3.88. The molecular formula is C18H25NO2. The van der Waals surface area contributed by atoms with Gasteiger partial charge in [0.15, 0.2) is 0 Å². The van der Waals surface area contributed by atoms with Crippen molar-refractivity contribution in [1.29, 1.82) is 0 Å². The maximum absolute atomic E-state index is 5.90. The number of hydrogen-bond acceptors (Lipinski definition) is 3. The van der Waals surface area contributed by atoms with E-state index in [0.29, 0.717) is 12.5 Å². The zero-order chi connectivity index (χ0) is 15.4. The number of nitrogens with one attached hydrogen (secondary N) is 1. The van der Waals surface area contributed by atoms with E-state index in [0.717, 1.165) is 29.4 Å². The average molecular weight is 287 g/mol. The Kier molecular flexibility index (Phi) is 5.07. The summed E-state index contributed by atoms with van der Waals surface area (Å²) < 4.78 is 11.6. The van der Waals surface area contributed by atoms with E-state index < -0.39 is 0 Å². The molecule has 0 unspecified atom stereocenters. The fraction of sp³-hybridized carbons (Fsp3) is 0.444. The van der Waals surface area contributed by atoms with E-state index in [1.165, 1.54) is 11.1 Å². The predicted octanol–water partition coefficient (Wildman–Crippen LogP) is 4.32. The van der Waals surface area contributed by atoms with Crippen LogP contribution < -0.4 is 10.1 Å². The van der Waals surface area contributed by atoms with Gasteiger partial charge in [-0.15, -0.1) is 0 Å². The summed E-state index contributed by atoms with van der Waals surface area (Å²) in [6.45, 7) is 9.81. The summed E-state index contributed by atoms with van der Waals surface area (Å²) >= 11 is 0. The Balaban J connectivity index is 2.04. The Bertz CT molecular complexity index is 599. The Morgan fingerprint density at radius 1 is 1.19 bits per heavy atom. The summed E-state index contributed by atoms with van der Waals surface area (Å²) in [5.41, 5.74) is 3.76. The molecule has 0 atom stereocenters. The van der Waals surface area contributed by atoms with Gasteiger partial charge in [0.05, 0.1) is 6.54 Å². The first-order valence-corrected chi connectivity index (χ1v) is 7.47. The van der Waals surface area contributed by atoms with Gasteiger partial charge in [0.25, 0.3) is 0 Å². The monoisotopic (exact) mass is 287 g/mol. The molecular weight excluding hydrogens is 262 g/mol. The van der Waals surface area contributed by atoms with Crippen LogP contribution in [-0.4, -0.2) is 7.05 Å². The first-order valence-electron chi connectivity index (χ1n) is 7.47. The van der Waals surface area contributed by atoms with Crippen molar-refractivity contribution in [2.24, 2.45) is 0 Å². The van der Waals surface area contributed by atoms with Gasteiger partial charge in [0.2, 0.25) is 0 Å². The van der Waals surface area contributed by atoms with Crippen molar-refractivity contribution >= 4 is 0 Å². The molecule has 1 N–H and O–H groups in total. The molecule has 0 aliphatic carbocycles. The van der Waals surface area contributed by atoms with Crippen molar-refractivity contribution in [2.45, 2.75) is 46.8 Å². The summed E-state index contributed by atoms with van der Waals surface area (Å²) in [6.07, 6.45) is 0. The molecule has 0 saturated heterocycles. The lowest BCUT2D eigenvalue weighted by molar-refractivity contribution is 0.302. The van der Waals surface area contributed by atoms with Crippen LogP contribution in [0.1, 0.15) is 48.0 Å². The second kappa shape index (κ2) is 6.81. The molecule has 0 aliphatic rings. The largest absolute Gasteiger partial charge is 0.489 e. The van der Waals surface area contributed by atoms with E-state index >= 15 is 0 Å². The van der Waals surface area contributed by atoms with Gasteiger partial charge in [0, 0.05) is 5.56 Å². The molecule has 2 aromatic rings. The minimum atomic E-state index is 0.541. The van der Waals surface area contributed by atoms with Gasteiger partial charge >= 0.3 is 0 Å². The van der Waals surface area contributed by atoms with Crippen molar-refractivity contribution < 1.29 is 9.15 Å². The molecule has 0 bridgehead atoms. The normalized spacial score (nSPS) is 11.1. The lowest BCUT2D eigenvalue weighted by atomic mass is 9.98. The predicted molar refractivity (Wildman–Crippen MR) is 85.8 cm³/mol. The molecule has 0 spiro atoms. The smallest absolute Gasteiger partial charge is 0.120 e. The maximum Gasteiger partial charge on any atom is 0.120 e. The van der Waals surface area contributed by atoms with Crippen LogP contribution in [-0.2, 0) is 13.2 Å². The molecule has 1 aromatic heterocycles. The molecule has 21 heavy (non-hydrogen) atoms. The van der Waals surface area contributed by atoms with Gasteiger partial charge in [-0.05, 0) is 56.1 Å². The second-order valence-corrected chi connectivity index (χ2v) is 5.79. The lowest BCUT2D eigenvalue weighted by Gasteiger charge is -2.12. The molecule has 0 radical (unpaired) electrons. The zero-order valence-electron chi connectivity index (χ0n) is 13.6. The molecule has 3 heteroatoms. The summed E-state index contributed by atoms with van der Waals surface area (Å²) in [5.74, 6) is 3.32. The first kappa shape index (κ1) is 15.6. The van der Waals surface area contributed by atoms with Crippen LogP contribution in [0.25, 0.3) is 0 Å². The molecule has 1 aromatic carbocycles. The lowest BCUT2D eigenvalue weighted by Crippen LogP contribution is -2.03. The maximum atomic E-state index is 5.90. The Morgan fingerprint density at radius 3 is 2.57 bits per heavy atom. The van der Waals surface area contributed by atoms with Crippen molar-refractivity contribution in [3.63, 3.8) is 0 Å². The van der Waals surface area contributed by atoms with Crippen molar-refractivity contribution in [3.05, 3.63) is 52.5 Å². The summed E-state index contributed by atoms with van der Waals surface area (Å²) in [5, 5.41) is 3.09. The third-order valence-corrected chi connectivity index (χ3v) is 3.68. The number of ether oxygens (including phenoxy) is 1. The molecule has 3 nitrogen and oxygen atoms in total. The molecule has 0 aliphatic heterocycles. The third-order valence-electron chi connectivity index (χ3n) is 3.68. The van der Waals surface area contributed by atoms with Crippen molar-refractivity contribution in [3.8, 4) is 5.75 Å². The van der Waals surface area contributed by atoms with Crippen LogP contribution in [0.15, 0.2) is 28.7 Å². The second-order valence-electron chi connectivity index (χ2n) is 5.79. The topological polar surface area (TPSA) is 34.4 Å². The van der Waals surface area contributed by atoms with Crippen molar-refractivity contribution in [1.82, 2.24) is 5.32 Å². The highest BCUT2D eigenvalue weighted by molar-refractivity contribution is 5.36. The van der Waals surface area contributed by atoms with Crippen LogP contribution in [0.5, 0.6) is 5.75 Å². The number of benzene rings is 1. The van der Waals surface area contributed by atoms with Crippen LogP contribution in [0.3, 0.4) is 0 Å². The fourth-order valence-corrected chi connectivity index (χ4v) is 2.54. The average Bonchev–Trinajstić information content (AvgIpc) is 2.76. The van der Waals surface area contributed by atoms with Crippen molar-refractivity contribution in [2.75, 3.05) is 7.05 Å². The highest BCUT2D eigenvalue weighted by Gasteiger charge is 2.09. The van der Waals surface area contributed by atoms with Gasteiger partial charge in [-0.1, -0.05) is 19.9 Å². The van der Waals surface area contributed by atoms with E-state index in [9.17, 15) is 0 Å². The number of furan rings is 1. The highest BCUT2D eigenvalue weighted by Crippen LogP contribution is 2.24. The zero-order valence-corrected chi connectivity index (χ0v) is 13.6. The van der Waals surface area contributed by atoms with E-state index in [4.69, 9.17) is 9.15 Å². The summed E-state index contributed by atoms with van der Waals surface area (Å²) in [6, 6.07) is 8.37. The first-order chi connectivity index (χ1) is 10.0. The summed E-state index contributed by atoms with van der Waals surface area (Å²) in [7, 11) is 1.91. The SMILES string of the molecule is CNCc1cc(COc2ccc(C(C)C)c(C)c2)c(C)o1. The van der Waals surface area contributed by atoms with Gasteiger partial charge in [0.1, 0.15) is 23.9 Å². The molecule has 114 valence electrons. The quantitative estimate of drug-likeness (QED) is 0.859. The number of hydrogen-bond donors (Lipinski definition) is 1. The van der Waals surface area contributed by atoms with Gasteiger partial charge in [-0.25, -0.2) is 0 Å². The fourth-order valence-electron chi connectivity index (χ4n) is 2.54. The standard InChI is InChI=1S/C18H25NO2/c1-12(2)18-7-6-16(8-13(18)3)20-11-15-9-17(10-19-5)21-14(15)4/h6-9,12,19H,10-11H2,1-5H3. The molecule has 1 heterocycles. The van der Waals surface area contributed by atoms with E-state index in [-0.39, 0.29) is 0 Å². The molecule has 0 fully saturated rings. The van der Waals surface area contributed by atoms with Crippen LogP contribution in [0, 0.1) is 13.8 Å².